The van der Waals surface area contributed by atoms with Crippen LogP contribution >= 0.6 is 0 Å². The van der Waals surface area contributed by atoms with E-state index in [1.165, 1.54) is 22.3 Å². The Hall–Kier alpha value is -1.56. The molecule has 0 saturated heterocycles. The van der Waals surface area contributed by atoms with Crippen molar-refractivity contribution >= 4 is 0 Å². The molecule has 0 bridgehead atoms. The van der Waals surface area contributed by atoms with Gasteiger partial charge < -0.3 is 0 Å². The van der Waals surface area contributed by atoms with Gasteiger partial charge in [-0.15, -0.1) is 0 Å². The lowest BCUT2D eigenvalue weighted by Gasteiger charge is -2.42. The average molecular weight is 533 g/mol. The lowest BCUT2D eigenvalue weighted by Crippen LogP contribution is -2.32. The first-order valence-corrected chi connectivity index (χ1v) is 15.4. The minimum absolute atomic E-state index is 0.0444. The van der Waals surface area contributed by atoms with Crippen LogP contribution in [0, 0.1) is 0 Å². The molecule has 0 heterocycles. The van der Waals surface area contributed by atoms with Gasteiger partial charge in [0, 0.05) is 0 Å². The van der Waals surface area contributed by atoms with Gasteiger partial charge in [-0.1, -0.05) is 156 Å². The zero-order valence-corrected chi connectivity index (χ0v) is 29.6. The third-order valence-corrected chi connectivity index (χ3v) is 8.21. The molecule has 1 unspecified atom stereocenters. The normalized spacial score (nSPS) is 15.1. The molecule has 0 saturated carbocycles. The average Bonchev–Trinajstić information content (AvgIpc) is 2.67. The highest BCUT2D eigenvalue weighted by Gasteiger charge is 2.38. The Morgan fingerprint density at radius 2 is 0.821 bits per heavy atom. The van der Waals surface area contributed by atoms with Crippen LogP contribution in [0.4, 0.5) is 0 Å². The molecule has 2 aromatic rings. The van der Waals surface area contributed by atoms with Crippen LogP contribution in [0.25, 0.3) is 0 Å². The predicted octanol–water partition coefficient (Wildman–Crippen LogP) is 11.8. The van der Waals surface area contributed by atoms with E-state index in [-0.39, 0.29) is 32.5 Å². The number of hydrogen-bond acceptors (Lipinski definition) is 0. The van der Waals surface area contributed by atoms with Gasteiger partial charge in [-0.2, -0.15) is 0 Å². The molecule has 0 N–H and O–H groups in total. The maximum atomic E-state index is 2.60. The Kier molecular flexibility index (Phi) is 8.94. The number of rotatable bonds is 3. The molecular formula is C39H64. The first kappa shape index (κ1) is 33.6. The first-order chi connectivity index (χ1) is 17.1. The minimum Gasteiger partial charge on any atom is -0.0617 e. The van der Waals surface area contributed by atoms with Crippen LogP contribution < -0.4 is 0 Å². The van der Waals surface area contributed by atoms with Gasteiger partial charge in [-0.05, 0) is 89.3 Å². The molecule has 0 aromatic heterocycles. The molecule has 0 radical (unpaired) electrons. The number of hydrogen-bond donors (Lipinski definition) is 0. The van der Waals surface area contributed by atoms with E-state index >= 15 is 0 Å². The van der Waals surface area contributed by atoms with Gasteiger partial charge in [0.25, 0.3) is 0 Å². The second-order valence-electron chi connectivity index (χ2n) is 18.6. The Balaban J connectivity index is 3.11. The van der Waals surface area contributed by atoms with Crippen molar-refractivity contribution in [3.05, 3.63) is 68.8 Å². The van der Waals surface area contributed by atoms with Crippen molar-refractivity contribution in [3.63, 3.8) is 0 Å². The van der Waals surface area contributed by atoms with Crippen LogP contribution in [0.2, 0.25) is 0 Å². The summed E-state index contributed by atoms with van der Waals surface area (Å²) < 4.78 is 0. The van der Waals surface area contributed by atoms with Crippen molar-refractivity contribution in [2.24, 2.45) is 0 Å². The van der Waals surface area contributed by atoms with Crippen molar-refractivity contribution in [2.75, 3.05) is 0 Å². The van der Waals surface area contributed by atoms with Crippen molar-refractivity contribution in [3.8, 4) is 0 Å². The third kappa shape index (κ3) is 7.40. The second-order valence-corrected chi connectivity index (χ2v) is 18.6. The molecule has 2 aromatic carbocycles. The second kappa shape index (κ2) is 10.4. The standard InChI is InChI=1S/C39H64/c1-25(23-26-21-20-22-27(34(2,3)4)31(26)37(11,12)13)30-32(38(14,15)16)28(35(5,6)7)24-29(36(8,9)10)33(30)39(17,18)19/h20-22,24-25H,23H2,1-19H3. The zero-order chi connectivity index (χ0) is 30.7. The highest BCUT2D eigenvalue weighted by molar-refractivity contribution is 5.57. The Bertz CT molecular complexity index is 1110. The molecule has 0 fully saturated rings. The highest BCUT2D eigenvalue weighted by atomic mass is 14.4. The fourth-order valence-electron chi connectivity index (χ4n) is 6.71. The summed E-state index contributed by atoms with van der Waals surface area (Å²) in [5.74, 6) is 0.396. The van der Waals surface area contributed by atoms with Crippen LogP contribution in [0.15, 0.2) is 24.3 Å². The highest BCUT2D eigenvalue weighted by Crippen LogP contribution is 2.49. The zero-order valence-electron chi connectivity index (χ0n) is 29.6. The fraction of sp³-hybridized carbons (Fsp3) is 0.692. The molecule has 0 nitrogen and oxygen atoms in total. The van der Waals surface area contributed by atoms with Gasteiger partial charge in [0.05, 0.1) is 0 Å². The lowest BCUT2D eigenvalue weighted by atomic mass is 9.62. The van der Waals surface area contributed by atoms with Crippen molar-refractivity contribution in [2.45, 2.75) is 176 Å². The maximum Gasteiger partial charge on any atom is -0.0126 e. The van der Waals surface area contributed by atoms with E-state index < -0.39 is 0 Å². The topological polar surface area (TPSA) is 0 Å². The summed E-state index contributed by atoms with van der Waals surface area (Å²) in [5, 5.41) is 0. The van der Waals surface area contributed by atoms with Crippen molar-refractivity contribution < 1.29 is 0 Å². The molecular weight excluding hydrogens is 468 g/mol. The lowest BCUT2D eigenvalue weighted by molar-refractivity contribution is 0.482. The van der Waals surface area contributed by atoms with E-state index in [1.807, 2.05) is 0 Å². The van der Waals surface area contributed by atoms with E-state index in [4.69, 9.17) is 0 Å². The molecule has 0 heteroatoms. The van der Waals surface area contributed by atoms with Crippen LogP contribution in [0.5, 0.6) is 0 Å². The molecule has 0 amide bonds. The molecule has 0 aliphatic rings. The van der Waals surface area contributed by atoms with E-state index in [2.05, 4.69) is 156 Å². The summed E-state index contributed by atoms with van der Waals surface area (Å²) >= 11 is 0. The Morgan fingerprint density at radius 3 is 1.13 bits per heavy atom. The van der Waals surface area contributed by atoms with Crippen LogP contribution in [0.1, 0.15) is 182 Å². The summed E-state index contributed by atoms with van der Waals surface area (Å²) in [7, 11) is 0. The fourth-order valence-corrected chi connectivity index (χ4v) is 6.71. The van der Waals surface area contributed by atoms with Gasteiger partial charge in [0.2, 0.25) is 0 Å². The van der Waals surface area contributed by atoms with Crippen LogP contribution in [0.3, 0.4) is 0 Å². The summed E-state index contributed by atoms with van der Waals surface area (Å²) in [6.07, 6.45) is 1.06. The summed E-state index contributed by atoms with van der Waals surface area (Å²) in [5.41, 5.74) is 12.8. The first-order valence-electron chi connectivity index (χ1n) is 15.4. The van der Waals surface area contributed by atoms with E-state index in [9.17, 15) is 0 Å². The molecule has 0 aliphatic carbocycles. The van der Waals surface area contributed by atoms with Crippen LogP contribution in [-0.2, 0) is 38.9 Å². The molecule has 39 heavy (non-hydrogen) atoms. The molecule has 220 valence electrons. The Labute approximate surface area is 244 Å². The molecule has 2 rings (SSSR count). The summed E-state index contributed by atoms with van der Waals surface area (Å²) in [4.78, 5) is 0. The smallest absolute Gasteiger partial charge is 0.0126 e. The molecule has 1 atom stereocenters. The monoisotopic (exact) mass is 533 g/mol. The van der Waals surface area contributed by atoms with Gasteiger partial charge in [-0.3, -0.25) is 0 Å². The van der Waals surface area contributed by atoms with Crippen molar-refractivity contribution in [1.29, 1.82) is 0 Å². The maximum absolute atomic E-state index is 2.60. The molecule has 0 spiro atoms. The predicted molar refractivity (Wildman–Crippen MR) is 177 cm³/mol. The summed E-state index contributed by atoms with van der Waals surface area (Å²) in [6, 6.07) is 9.68. The molecule has 0 aliphatic heterocycles. The summed E-state index contributed by atoms with van der Waals surface area (Å²) in [6.45, 7) is 45.8. The van der Waals surface area contributed by atoms with E-state index in [0.29, 0.717) is 5.92 Å². The van der Waals surface area contributed by atoms with Crippen LogP contribution in [-0.4, -0.2) is 0 Å². The Morgan fingerprint density at radius 1 is 0.462 bits per heavy atom. The van der Waals surface area contributed by atoms with Crippen molar-refractivity contribution in [1.82, 2.24) is 0 Å². The van der Waals surface area contributed by atoms with Gasteiger partial charge >= 0.3 is 0 Å². The largest absolute Gasteiger partial charge is 0.0617 e. The third-order valence-electron chi connectivity index (χ3n) is 8.21. The number of benzene rings is 2. The quantitative estimate of drug-likeness (QED) is 0.369. The van der Waals surface area contributed by atoms with Gasteiger partial charge in [-0.25, -0.2) is 0 Å². The minimum atomic E-state index is 0.0444. The van der Waals surface area contributed by atoms with E-state index in [0.717, 1.165) is 6.42 Å². The SMILES string of the molecule is CC(Cc1cccc(C(C)(C)C)c1C(C)(C)C)c1c(C(C)(C)C)c(C(C)(C)C)cc(C(C)(C)C)c1C(C)(C)C. The van der Waals surface area contributed by atoms with Gasteiger partial charge in [0.15, 0.2) is 0 Å². The van der Waals surface area contributed by atoms with Gasteiger partial charge in [0.1, 0.15) is 0 Å². The van der Waals surface area contributed by atoms with E-state index in [1.54, 1.807) is 22.3 Å².